The van der Waals surface area contributed by atoms with E-state index in [-0.39, 0.29) is 18.0 Å². The fourth-order valence-electron chi connectivity index (χ4n) is 3.94. The second kappa shape index (κ2) is 10.8. The highest BCUT2D eigenvalue weighted by molar-refractivity contribution is 6.30. The van der Waals surface area contributed by atoms with Gasteiger partial charge in [0.1, 0.15) is 0 Å². The van der Waals surface area contributed by atoms with E-state index < -0.39 is 0 Å². The largest absolute Gasteiger partial charge is 0.379 e. The summed E-state index contributed by atoms with van der Waals surface area (Å²) >= 11 is 6.09. The summed E-state index contributed by atoms with van der Waals surface area (Å²) in [6, 6.07) is 8.49. The number of hydrogen-bond donors (Lipinski definition) is 2. The van der Waals surface area contributed by atoms with Gasteiger partial charge in [-0.2, -0.15) is 0 Å². The number of nitrogens with zero attached hydrogens (tertiary/aromatic N) is 3. The van der Waals surface area contributed by atoms with Gasteiger partial charge in [-0.25, -0.2) is 0 Å². The van der Waals surface area contributed by atoms with Crippen molar-refractivity contribution in [2.45, 2.75) is 31.8 Å². The zero-order valence-electron chi connectivity index (χ0n) is 17.4. The molecule has 7 nitrogen and oxygen atoms in total. The lowest BCUT2D eigenvalue weighted by Crippen LogP contribution is -2.49. The monoisotopic (exact) mass is 421 g/mol. The fourth-order valence-corrected chi connectivity index (χ4v) is 4.07. The summed E-state index contributed by atoms with van der Waals surface area (Å²) in [4.78, 5) is 20.7. The Kier molecular flexibility index (Phi) is 8.15. The number of hydrogen-bond acceptors (Lipinski definition) is 4. The molecule has 160 valence electrons. The minimum absolute atomic E-state index is 0.205. The highest BCUT2D eigenvalue weighted by Crippen LogP contribution is 2.23. The molecule has 29 heavy (non-hydrogen) atoms. The Morgan fingerprint density at radius 1 is 1.28 bits per heavy atom. The number of rotatable bonds is 6. The molecule has 2 unspecified atom stereocenters. The van der Waals surface area contributed by atoms with E-state index in [1.54, 1.807) is 7.05 Å². The molecule has 8 heteroatoms. The molecule has 3 rings (SSSR count). The van der Waals surface area contributed by atoms with Gasteiger partial charge in [-0.1, -0.05) is 30.7 Å². The van der Waals surface area contributed by atoms with Gasteiger partial charge in [0.15, 0.2) is 5.96 Å². The van der Waals surface area contributed by atoms with E-state index in [4.69, 9.17) is 16.3 Å². The summed E-state index contributed by atoms with van der Waals surface area (Å²) in [7, 11) is 1.78. The van der Waals surface area contributed by atoms with Gasteiger partial charge in [-0.3, -0.25) is 14.7 Å². The summed E-state index contributed by atoms with van der Waals surface area (Å²) in [5.74, 6) is 0.986. The van der Waals surface area contributed by atoms with Crippen molar-refractivity contribution < 1.29 is 9.53 Å². The van der Waals surface area contributed by atoms with Crippen molar-refractivity contribution in [3.05, 3.63) is 34.9 Å². The second-order valence-electron chi connectivity index (χ2n) is 7.49. The number of amides is 1. The number of guanidine groups is 1. The van der Waals surface area contributed by atoms with Crippen molar-refractivity contribution in [2.24, 2.45) is 4.99 Å². The van der Waals surface area contributed by atoms with Crippen molar-refractivity contribution in [1.29, 1.82) is 0 Å². The van der Waals surface area contributed by atoms with Gasteiger partial charge >= 0.3 is 0 Å². The van der Waals surface area contributed by atoms with Gasteiger partial charge in [0.05, 0.1) is 19.3 Å². The summed E-state index contributed by atoms with van der Waals surface area (Å²) in [5.41, 5.74) is 1.22. The number of halogens is 1. The molecule has 2 N–H and O–H groups in total. The Morgan fingerprint density at radius 3 is 2.66 bits per heavy atom. The highest BCUT2D eigenvalue weighted by atomic mass is 35.5. The first-order valence-electron chi connectivity index (χ1n) is 10.4. The lowest BCUT2D eigenvalue weighted by molar-refractivity contribution is -0.129. The number of nitrogens with one attached hydrogen (secondary N) is 2. The number of likely N-dealkylation sites (tertiary alicyclic amines) is 1. The molecule has 2 saturated heterocycles. The Balaban J connectivity index is 1.60. The van der Waals surface area contributed by atoms with Gasteiger partial charge in [0.25, 0.3) is 0 Å². The molecule has 0 saturated carbocycles. The molecule has 1 aromatic carbocycles. The molecular weight excluding hydrogens is 390 g/mol. The first-order chi connectivity index (χ1) is 14.1. The third-order valence-corrected chi connectivity index (χ3v) is 5.86. The van der Waals surface area contributed by atoms with E-state index in [0.29, 0.717) is 6.42 Å². The first-order valence-corrected chi connectivity index (χ1v) is 10.8. The molecule has 2 aliphatic heterocycles. The van der Waals surface area contributed by atoms with Crippen LogP contribution in [-0.4, -0.2) is 80.7 Å². The minimum Gasteiger partial charge on any atom is -0.379 e. The lowest BCUT2D eigenvalue weighted by Gasteiger charge is -2.35. The van der Waals surface area contributed by atoms with Gasteiger partial charge in [-0.15, -0.1) is 0 Å². The number of carbonyl (C=O) groups excluding carboxylic acids is 1. The average Bonchev–Trinajstić information content (AvgIpc) is 3.23. The van der Waals surface area contributed by atoms with Crippen molar-refractivity contribution in [3.8, 4) is 0 Å². The van der Waals surface area contributed by atoms with E-state index in [1.165, 1.54) is 5.56 Å². The molecule has 0 aromatic heterocycles. The van der Waals surface area contributed by atoms with Gasteiger partial charge < -0.3 is 20.3 Å². The van der Waals surface area contributed by atoms with Crippen LogP contribution in [0.15, 0.2) is 29.3 Å². The molecule has 0 radical (unpaired) electrons. The maximum absolute atomic E-state index is 11.9. The molecule has 0 bridgehead atoms. The molecular formula is C21H32ClN5O2. The van der Waals surface area contributed by atoms with Gasteiger partial charge in [-0.05, 0) is 24.1 Å². The summed E-state index contributed by atoms with van der Waals surface area (Å²) < 4.78 is 5.53. The quantitative estimate of drug-likeness (QED) is 0.542. The van der Waals surface area contributed by atoms with Crippen LogP contribution in [0.1, 0.15) is 31.4 Å². The van der Waals surface area contributed by atoms with Crippen molar-refractivity contribution in [1.82, 2.24) is 20.4 Å². The normalized spacial score (nSPS) is 21.8. The van der Waals surface area contributed by atoms with Crippen LogP contribution in [0.4, 0.5) is 0 Å². The molecule has 1 amide bonds. The Bertz CT molecular complexity index is 691. The van der Waals surface area contributed by atoms with Crippen LogP contribution in [0, 0.1) is 0 Å². The molecule has 2 aliphatic rings. The number of morpholine rings is 1. The standard InChI is InChI=1S/C21H32ClN5O2/c1-3-20(28)27-9-8-18(15-27)25-21(23-2)24-14-19(26-10-12-29-13-11-26)16-4-6-17(22)7-5-16/h4-7,18-19H,3,8-15H2,1-2H3,(H2,23,24,25). The van der Waals surface area contributed by atoms with Gasteiger partial charge in [0, 0.05) is 57.3 Å². The predicted octanol–water partition coefficient (Wildman–Crippen LogP) is 1.89. The van der Waals surface area contributed by atoms with Crippen LogP contribution in [0.5, 0.6) is 0 Å². The maximum atomic E-state index is 11.9. The maximum Gasteiger partial charge on any atom is 0.222 e. The van der Waals surface area contributed by atoms with Crippen LogP contribution in [0.2, 0.25) is 5.02 Å². The SMILES string of the molecule is CCC(=O)N1CCC(NC(=NC)NCC(c2ccc(Cl)cc2)N2CCOCC2)C1. The number of ether oxygens (including phenoxy) is 1. The zero-order valence-corrected chi connectivity index (χ0v) is 18.1. The van der Waals surface area contributed by atoms with Crippen LogP contribution < -0.4 is 10.6 Å². The lowest BCUT2D eigenvalue weighted by atomic mass is 10.0. The average molecular weight is 422 g/mol. The number of carbonyl (C=O) groups is 1. The van der Waals surface area contributed by atoms with Crippen molar-refractivity contribution in [2.75, 3.05) is 53.0 Å². The van der Waals surface area contributed by atoms with Gasteiger partial charge in [0.2, 0.25) is 5.91 Å². The van der Waals surface area contributed by atoms with Crippen LogP contribution in [0.25, 0.3) is 0 Å². The Hall–Kier alpha value is -1.83. The third kappa shape index (κ3) is 6.07. The van der Waals surface area contributed by atoms with Crippen LogP contribution in [-0.2, 0) is 9.53 Å². The molecule has 2 atom stereocenters. The summed E-state index contributed by atoms with van der Waals surface area (Å²) in [6.45, 7) is 7.48. The Labute approximate surface area is 178 Å². The number of benzene rings is 1. The van der Waals surface area contributed by atoms with E-state index in [0.717, 1.165) is 63.3 Å². The molecule has 0 aliphatic carbocycles. The minimum atomic E-state index is 0.205. The summed E-state index contributed by atoms with van der Waals surface area (Å²) in [6.07, 6.45) is 1.50. The smallest absolute Gasteiger partial charge is 0.222 e. The Morgan fingerprint density at radius 2 is 2.00 bits per heavy atom. The second-order valence-corrected chi connectivity index (χ2v) is 7.93. The molecule has 1 aromatic rings. The van der Waals surface area contributed by atoms with Crippen molar-refractivity contribution >= 4 is 23.5 Å². The topological polar surface area (TPSA) is 69.2 Å². The predicted molar refractivity (Wildman–Crippen MR) is 116 cm³/mol. The highest BCUT2D eigenvalue weighted by Gasteiger charge is 2.27. The van der Waals surface area contributed by atoms with Crippen molar-refractivity contribution in [3.63, 3.8) is 0 Å². The first kappa shape index (κ1) is 21.9. The molecule has 0 spiro atoms. The fraction of sp³-hybridized carbons (Fsp3) is 0.619. The van der Waals surface area contributed by atoms with Crippen LogP contribution >= 0.6 is 11.6 Å². The number of aliphatic imine (C=N–C) groups is 1. The molecule has 2 fully saturated rings. The van der Waals surface area contributed by atoms with E-state index in [1.807, 2.05) is 24.0 Å². The zero-order chi connectivity index (χ0) is 20.6. The third-order valence-electron chi connectivity index (χ3n) is 5.61. The summed E-state index contributed by atoms with van der Waals surface area (Å²) in [5, 5.41) is 7.70. The van der Waals surface area contributed by atoms with E-state index in [9.17, 15) is 4.79 Å². The molecule has 2 heterocycles. The van der Waals surface area contributed by atoms with E-state index >= 15 is 0 Å². The van der Waals surface area contributed by atoms with Crippen LogP contribution in [0.3, 0.4) is 0 Å². The van der Waals surface area contributed by atoms with E-state index in [2.05, 4.69) is 32.7 Å².